The summed E-state index contributed by atoms with van der Waals surface area (Å²) in [5, 5.41) is 4.50. The van der Waals surface area contributed by atoms with E-state index in [1.54, 1.807) is 0 Å². The highest BCUT2D eigenvalue weighted by Gasteiger charge is 2.18. The number of Topliss-reactive ketones (excluding diaryl/α,β-unsaturated/α-hetero) is 1. The smallest absolute Gasteiger partial charge is 0.165 e. The summed E-state index contributed by atoms with van der Waals surface area (Å²) in [4.78, 5) is 12.3. The van der Waals surface area contributed by atoms with Gasteiger partial charge < -0.3 is 9.88 Å². The molecule has 0 radical (unpaired) electrons. The summed E-state index contributed by atoms with van der Waals surface area (Å²) < 4.78 is 2.19. The van der Waals surface area contributed by atoms with Crippen LogP contribution < -0.4 is 5.32 Å². The van der Waals surface area contributed by atoms with Gasteiger partial charge in [-0.2, -0.15) is 0 Å². The Morgan fingerprint density at radius 2 is 2.00 bits per heavy atom. The molecule has 3 rings (SSSR count). The summed E-state index contributed by atoms with van der Waals surface area (Å²) >= 11 is 0. The molecule has 0 saturated heterocycles. The molecule has 0 bridgehead atoms. The predicted octanol–water partition coefficient (Wildman–Crippen LogP) is 3.25. The van der Waals surface area contributed by atoms with Crippen LogP contribution in [0.25, 0.3) is 10.9 Å². The third-order valence-electron chi connectivity index (χ3n) is 3.95. The lowest BCUT2D eigenvalue weighted by Gasteiger charge is -2.03. The van der Waals surface area contributed by atoms with Crippen molar-refractivity contribution in [1.82, 2.24) is 9.88 Å². The number of rotatable bonds is 4. The van der Waals surface area contributed by atoms with Crippen LogP contribution in [0.4, 0.5) is 0 Å². The molecule has 2 aromatic rings. The van der Waals surface area contributed by atoms with Gasteiger partial charge in [0.05, 0.1) is 0 Å². The zero-order valence-corrected chi connectivity index (χ0v) is 11.6. The number of hydrogen-bond acceptors (Lipinski definition) is 2. The molecule has 0 fully saturated rings. The van der Waals surface area contributed by atoms with E-state index in [4.69, 9.17) is 0 Å². The number of benzene rings is 1. The molecule has 0 unspecified atom stereocenters. The molecule has 1 aliphatic heterocycles. The summed E-state index contributed by atoms with van der Waals surface area (Å²) in [6, 6.07) is 4.45. The summed E-state index contributed by atoms with van der Waals surface area (Å²) in [6.45, 7) is 6.95. The number of nitrogens with zero attached hydrogens (tertiary/aromatic N) is 1. The van der Waals surface area contributed by atoms with Gasteiger partial charge in [0.2, 0.25) is 0 Å². The second kappa shape index (κ2) is 4.82. The third kappa shape index (κ3) is 1.98. The molecular formula is C16H20N2O. The molecule has 1 aromatic carbocycles. The summed E-state index contributed by atoms with van der Waals surface area (Å²) in [5.74, 6) is 0.269. The number of hydrogen-bond donors (Lipinski definition) is 1. The lowest BCUT2D eigenvalue weighted by Crippen LogP contribution is -2.00. The second-order valence-corrected chi connectivity index (χ2v) is 5.24. The van der Waals surface area contributed by atoms with E-state index >= 15 is 0 Å². The quantitative estimate of drug-likeness (QED) is 0.852. The van der Waals surface area contributed by atoms with E-state index in [0.717, 1.165) is 37.0 Å². The molecule has 19 heavy (non-hydrogen) atoms. The number of carbonyl (C=O) groups excluding carboxylic acids is 1. The number of nitrogens with one attached hydrogen (secondary N) is 1. The Hall–Kier alpha value is -1.61. The van der Waals surface area contributed by atoms with Crippen LogP contribution in [0.15, 0.2) is 18.3 Å². The zero-order chi connectivity index (χ0) is 13.4. The van der Waals surface area contributed by atoms with Gasteiger partial charge in [-0.05, 0) is 36.6 Å². The Morgan fingerprint density at radius 1 is 1.26 bits per heavy atom. The molecule has 1 aromatic heterocycles. The van der Waals surface area contributed by atoms with Gasteiger partial charge >= 0.3 is 0 Å². The maximum Gasteiger partial charge on any atom is 0.165 e. The highest BCUT2D eigenvalue weighted by Crippen LogP contribution is 2.28. The minimum Gasteiger partial charge on any atom is -0.347 e. The van der Waals surface area contributed by atoms with Crippen molar-refractivity contribution in [2.24, 2.45) is 0 Å². The van der Waals surface area contributed by atoms with Crippen molar-refractivity contribution < 1.29 is 4.79 Å². The number of fused-ring (bicyclic) bond motifs is 2. The second-order valence-electron chi connectivity index (χ2n) is 5.24. The lowest BCUT2D eigenvalue weighted by molar-refractivity contribution is 0.0983. The number of aryl methyl sites for hydroxylation is 1. The molecular weight excluding hydrogens is 236 g/mol. The van der Waals surface area contributed by atoms with Gasteiger partial charge in [-0.1, -0.05) is 6.92 Å². The predicted molar refractivity (Wildman–Crippen MR) is 77.4 cm³/mol. The van der Waals surface area contributed by atoms with Crippen LogP contribution in [0.2, 0.25) is 0 Å². The number of carbonyl (C=O) groups is 1. The van der Waals surface area contributed by atoms with Crippen LogP contribution in [0.3, 0.4) is 0 Å². The number of ketones is 1. The summed E-state index contributed by atoms with van der Waals surface area (Å²) in [7, 11) is 0. The Labute approximate surface area is 113 Å². The molecule has 2 heterocycles. The summed E-state index contributed by atoms with van der Waals surface area (Å²) in [5.41, 5.74) is 4.81. The Morgan fingerprint density at radius 3 is 2.68 bits per heavy atom. The van der Waals surface area contributed by atoms with E-state index in [9.17, 15) is 4.79 Å². The first-order valence-electron chi connectivity index (χ1n) is 7.13. The van der Waals surface area contributed by atoms with Crippen molar-refractivity contribution in [1.29, 1.82) is 0 Å². The molecule has 3 heteroatoms. The maximum absolute atomic E-state index is 12.3. The van der Waals surface area contributed by atoms with Crippen molar-refractivity contribution in [3.63, 3.8) is 0 Å². The third-order valence-corrected chi connectivity index (χ3v) is 3.95. The average molecular weight is 256 g/mol. The van der Waals surface area contributed by atoms with Gasteiger partial charge in [0, 0.05) is 48.7 Å². The van der Waals surface area contributed by atoms with E-state index in [0.29, 0.717) is 6.42 Å². The summed E-state index contributed by atoms with van der Waals surface area (Å²) in [6.07, 6.45) is 3.58. The molecule has 0 spiro atoms. The molecule has 1 aliphatic rings. The van der Waals surface area contributed by atoms with E-state index in [-0.39, 0.29) is 5.78 Å². The van der Waals surface area contributed by atoms with Gasteiger partial charge in [-0.3, -0.25) is 4.79 Å². The van der Waals surface area contributed by atoms with Gasteiger partial charge in [-0.15, -0.1) is 0 Å². The fourth-order valence-electron chi connectivity index (χ4n) is 2.93. The Balaban J connectivity index is 2.20. The zero-order valence-electron chi connectivity index (χ0n) is 11.6. The standard InChI is InChI=1S/C16H20N2O/c1-3-5-16(19)14-10-18(4-2)15-7-12-9-17-8-11(12)6-13(14)15/h6-7,10,17H,3-5,8-9H2,1-2H3. The minimum atomic E-state index is 0.269. The van der Waals surface area contributed by atoms with Gasteiger partial charge in [0.15, 0.2) is 5.78 Å². The topological polar surface area (TPSA) is 34.0 Å². The van der Waals surface area contributed by atoms with E-state index in [1.165, 1.54) is 16.6 Å². The molecule has 0 saturated carbocycles. The Bertz CT molecular complexity index is 640. The van der Waals surface area contributed by atoms with E-state index < -0.39 is 0 Å². The monoisotopic (exact) mass is 256 g/mol. The fourth-order valence-corrected chi connectivity index (χ4v) is 2.93. The maximum atomic E-state index is 12.3. The van der Waals surface area contributed by atoms with Gasteiger partial charge in [-0.25, -0.2) is 0 Å². The minimum absolute atomic E-state index is 0.269. The van der Waals surface area contributed by atoms with Gasteiger partial charge in [0.25, 0.3) is 0 Å². The molecule has 100 valence electrons. The van der Waals surface area contributed by atoms with Crippen LogP contribution in [0.1, 0.15) is 48.2 Å². The van der Waals surface area contributed by atoms with Crippen molar-refractivity contribution >= 4 is 16.7 Å². The van der Waals surface area contributed by atoms with Crippen molar-refractivity contribution in [2.45, 2.75) is 46.3 Å². The van der Waals surface area contributed by atoms with Crippen molar-refractivity contribution in [2.75, 3.05) is 0 Å². The van der Waals surface area contributed by atoms with Crippen LogP contribution in [-0.4, -0.2) is 10.4 Å². The van der Waals surface area contributed by atoms with Gasteiger partial charge in [0.1, 0.15) is 0 Å². The molecule has 0 atom stereocenters. The highest BCUT2D eigenvalue weighted by atomic mass is 16.1. The largest absolute Gasteiger partial charge is 0.347 e. The SMILES string of the molecule is CCCC(=O)c1cn(CC)c2cc3c(cc12)CNC3. The Kier molecular flexibility index (Phi) is 3.15. The molecule has 3 nitrogen and oxygen atoms in total. The first-order valence-corrected chi connectivity index (χ1v) is 7.13. The lowest BCUT2D eigenvalue weighted by atomic mass is 10.0. The molecule has 1 N–H and O–H groups in total. The van der Waals surface area contributed by atoms with Crippen LogP contribution in [-0.2, 0) is 19.6 Å². The van der Waals surface area contributed by atoms with Crippen molar-refractivity contribution in [3.05, 3.63) is 35.0 Å². The molecule has 0 aliphatic carbocycles. The van der Waals surface area contributed by atoms with E-state index in [1.807, 2.05) is 6.20 Å². The van der Waals surface area contributed by atoms with Crippen molar-refractivity contribution in [3.8, 4) is 0 Å². The van der Waals surface area contributed by atoms with Crippen LogP contribution in [0.5, 0.6) is 0 Å². The van der Waals surface area contributed by atoms with Crippen LogP contribution in [0, 0.1) is 0 Å². The first kappa shape index (κ1) is 12.4. The highest BCUT2D eigenvalue weighted by molar-refractivity contribution is 6.08. The fraction of sp³-hybridized carbons (Fsp3) is 0.438. The number of aromatic nitrogens is 1. The average Bonchev–Trinajstić information content (AvgIpc) is 2.99. The normalized spacial score (nSPS) is 14.0. The first-order chi connectivity index (χ1) is 9.24. The van der Waals surface area contributed by atoms with Crippen LogP contribution >= 0.6 is 0 Å². The molecule has 0 amide bonds. The van der Waals surface area contributed by atoms with E-state index in [2.05, 4.69) is 35.9 Å².